The largest absolute Gasteiger partial charge is 0.477 e. The van der Waals surface area contributed by atoms with Crippen molar-refractivity contribution in [2.75, 3.05) is 0 Å². The zero-order valence-electron chi connectivity index (χ0n) is 12.7. The summed E-state index contributed by atoms with van der Waals surface area (Å²) in [4.78, 5) is 27.8. The molecule has 6 heteroatoms. The molecule has 5 nitrogen and oxygen atoms in total. The van der Waals surface area contributed by atoms with Gasteiger partial charge in [-0.15, -0.1) is 11.3 Å². The maximum atomic E-state index is 12.3. The molecule has 0 aliphatic heterocycles. The number of hydrogen-bond donors (Lipinski definition) is 2. The van der Waals surface area contributed by atoms with Crippen molar-refractivity contribution >= 4 is 23.2 Å². The third-order valence-corrected chi connectivity index (χ3v) is 4.76. The summed E-state index contributed by atoms with van der Waals surface area (Å²) in [5.41, 5.74) is 1.42. The van der Waals surface area contributed by atoms with Crippen molar-refractivity contribution in [3.8, 4) is 0 Å². The summed E-state index contributed by atoms with van der Waals surface area (Å²) in [6.07, 6.45) is 0. The summed E-state index contributed by atoms with van der Waals surface area (Å²) in [5.74, 6) is -1.37. The van der Waals surface area contributed by atoms with Gasteiger partial charge in [0.2, 0.25) is 5.91 Å². The van der Waals surface area contributed by atoms with E-state index in [1.165, 1.54) is 0 Å². The van der Waals surface area contributed by atoms with Crippen LogP contribution in [0, 0.1) is 6.92 Å². The summed E-state index contributed by atoms with van der Waals surface area (Å²) in [5, 5.41) is 12.6. The van der Waals surface area contributed by atoms with Crippen molar-refractivity contribution in [2.24, 2.45) is 0 Å². The number of nitrogens with one attached hydrogen (secondary N) is 1. The van der Waals surface area contributed by atoms with Gasteiger partial charge in [-0.25, -0.2) is 9.78 Å². The number of aromatic carboxylic acids is 1. The van der Waals surface area contributed by atoms with E-state index in [0.717, 1.165) is 16.9 Å². The number of aryl methyl sites for hydroxylation is 1. The fraction of sp³-hybridized carbons (Fsp3) is 0.312. The molecule has 0 saturated heterocycles. The van der Waals surface area contributed by atoms with Crippen LogP contribution in [0.15, 0.2) is 30.3 Å². The Balaban J connectivity index is 2.08. The lowest BCUT2D eigenvalue weighted by Gasteiger charge is -2.16. The molecule has 2 aromatic rings. The zero-order chi connectivity index (χ0) is 16.3. The van der Waals surface area contributed by atoms with Gasteiger partial charge in [-0.05, 0) is 26.3 Å². The van der Waals surface area contributed by atoms with Crippen LogP contribution in [-0.4, -0.2) is 22.0 Å². The molecule has 1 amide bonds. The monoisotopic (exact) mass is 318 g/mol. The first-order chi connectivity index (χ1) is 10.4. The lowest BCUT2D eigenvalue weighted by Crippen LogP contribution is -2.30. The minimum atomic E-state index is -0.988. The van der Waals surface area contributed by atoms with E-state index in [4.69, 9.17) is 5.11 Å². The van der Waals surface area contributed by atoms with E-state index in [1.54, 1.807) is 13.8 Å². The first-order valence-electron chi connectivity index (χ1n) is 6.96. The van der Waals surface area contributed by atoms with Crippen LogP contribution in [-0.2, 0) is 4.79 Å². The molecule has 22 heavy (non-hydrogen) atoms. The maximum absolute atomic E-state index is 12.3. The Bertz CT molecular complexity index is 682. The Kier molecular flexibility index (Phi) is 4.92. The van der Waals surface area contributed by atoms with Gasteiger partial charge < -0.3 is 10.4 Å². The highest BCUT2D eigenvalue weighted by Crippen LogP contribution is 2.24. The predicted octanol–water partition coefficient (Wildman–Crippen LogP) is 3.13. The number of carbonyl (C=O) groups is 2. The molecule has 1 aromatic heterocycles. The maximum Gasteiger partial charge on any atom is 0.347 e. The van der Waals surface area contributed by atoms with Gasteiger partial charge in [0.05, 0.1) is 17.7 Å². The van der Waals surface area contributed by atoms with Crippen molar-refractivity contribution in [3.63, 3.8) is 0 Å². The number of carbonyl (C=O) groups excluding carboxylic acids is 1. The molecule has 0 aliphatic rings. The predicted molar refractivity (Wildman–Crippen MR) is 85.2 cm³/mol. The Morgan fingerprint density at radius 2 is 1.86 bits per heavy atom. The first-order valence-corrected chi connectivity index (χ1v) is 7.77. The van der Waals surface area contributed by atoms with Crippen molar-refractivity contribution in [1.29, 1.82) is 0 Å². The average Bonchev–Trinajstić information content (AvgIpc) is 2.89. The average molecular weight is 318 g/mol. The number of rotatable bonds is 5. The zero-order valence-corrected chi connectivity index (χ0v) is 13.5. The number of aromatic nitrogens is 1. The molecular formula is C16H18N2O3S. The molecule has 0 aliphatic carbocycles. The highest BCUT2D eigenvalue weighted by molar-refractivity contribution is 7.13. The van der Waals surface area contributed by atoms with Gasteiger partial charge in [0, 0.05) is 0 Å². The van der Waals surface area contributed by atoms with E-state index in [0.29, 0.717) is 10.7 Å². The summed E-state index contributed by atoms with van der Waals surface area (Å²) in [6.45, 7) is 5.30. The van der Waals surface area contributed by atoms with Crippen LogP contribution in [0.2, 0.25) is 0 Å². The number of carboxylic acids is 1. The Morgan fingerprint density at radius 3 is 2.41 bits per heavy atom. The molecule has 0 saturated carbocycles. The van der Waals surface area contributed by atoms with Crippen LogP contribution in [0.1, 0.15) is 51.7 Å². The van der Waals surface area contributed by atoms with Crippen LogP contribution < -0.4 is 5.32 Å². The first kappa shape index (κ1) is 16.2. The molecule has 1 aromatic carbocycles. The summed E-state index contributed by atoms with van der Waals surface area (Å²) in [7, 11) is 0. The molecule has 1 heterocycles. The van der Waals surface area contributed by atoms with Crippen LogP contribution >= 0.6 is 11.3 Å². The van der Waals surface area contributed by atoms with Crippen molar-refractivity contribution < 1.29 is 14.7 Å². The number of hydrogen-bond acceptors (Lipinski definition) is 4. The standard InChI is InChI=1S/C16H18N2O3S/c1-9(12-7-5-4-6-8-12)14(19)17-11(3)15-18-10(2)13(22-15)16(20)21/h4-9,11H,1-3H3,(H,17,19)(H,20,21)/t9-,11?/m1/s1. The fourth-order valence-corrected chi connectivity index (χ4v) is 3.00. The number of thiazole rings is 1. The van der Waals surface area contributed by atoms with Gasteiger partial charge in [0.25, 0.3) is 0 Å². The molecule has 2 rings (SSSR count). The van der Waals surface area contributed by atoms with Crippen LogP contribution in [0.5, 0.6) is 0 Å². The Labute approximate surface area is 133 Å². The second-order valence-corrected chi connectivity index (χ2v) is 6.17. The minimum absolute atomic E-state index is 0.108. The van der Waals surface area contributed by atoms with Crippen LogP contribution in [0.4, 0.5) is 0 Å². The number of carboxylic acid groups (broad SMARTS) is 1. The SMILES string of the molecule is Cc1nc(C(C)NC(=O)[C@H](C)c2ccccc2)sc1C(=O)O. The van der Waals surface area contributed by atoms with Crippen LogP contribution in [0.3, 0.4) is 0 Å². The summed E-state index contributed by atoms with van der Waals surface area (Å²) in [6, 6.07) is 9.19. The van der Waals surface area contributed by atoms with Gasteiger partial charge in [-0.2, -0.15) is 0 Å². The number of nitrogens with zero attached hydrogens (tertiary/aromatic N) is 1. The van der Waals surface area contributed by atoms with Crippen molar-refractivity contribution in [1.82, 2.24) is 10.3 Å². The van der Waals surface area contributed by atoms with E-state index in [-0.39, 0.29) is 22.7 Å². The molecule has 0 spiro atoms. The third kappa shape index (κ3) is 3.51. The summed E-state index contributed by atoms with van der Waals surface area (Å²) < 4.78 is 0. The number of amides is 1. The van der Waals surface area contributed by atoms with E-state index >= 15 is 0 Å². The second-order valence-electron chi connectivity index (χ2n) is 5.13. The second kappa shape index (κ2) is 6.70. The van der Waals surface area contributed by atoms with E-state index in [1.807, 2.05) is 37.3 Å². The molecule has 0 radical (unpaired) electrons. The smallest absolute Gasteiger partial charge is 0.347 e. The van der Waals surface area contributed by atoms with Gasteiger partial charge in [0.15, 0.2) is 0 Å². The quantitative estimate of drug-likeness (QED) is 0.887. The number of benzene rings is 1. The molecule has 2 atom stereocenters. The molecule has 2 N–H and O–H groups in total. The Hall–Kier alpha value is -2.21. The van der Waals surface area contributed by atoms with Gasteiger partial charge >= 0.3 is 5.97 Å². The molecular weight excluding hydrogens is 300 g/mol. The molecule has 1 unspecified atom stereocenters. The molecule has 116 valence electrons. The topological polar surface area (TPSA) is 79.3 Å². The van der Waals surface area contributed by atoms with E-state index < -0.39 is 5.97 Å². The van der Waals surface area contributed by atoms with Crippen molar-refractivity contribution in [3.05, 3.63) is 51.5 Å². The van der Waals surface area contributed by atoms with Crippen LogP contribution in [0.25, 0.3) is 0 Å². The van der Waals surface area contributed by atoms with E-state index in [2.05, 4.69) is 10.3 Å². The van der Waals surface area contributed by atoms with Gasteiger partial charge in [-0.3, -0.25) is 4.79 Å². The highest BCUT2D eigenvalue weighted by Gasteiger charge is 2.21. The van der Waals surface area contributed by atoms with Crippen molar-refractivity contribution in [2.45, 2.75) is 32.7 Å². The molecule has 0 fully saturated rings. The highest BCUT2D eigenvalue weighted by atomic mass is 32.1. The lowest BCUT2D eigenvalue weighted by molar-refractivity contribution is -0.122. The minimum Gasteiger partial charge on any atom is -0.477 e. The lowest BCUT2D eigenvalue weighted by atomic mass is 10.0. The normalized spacial score (nSPS) is 13.4. The third-order valence-electron chi connectivity index (χ3n) is 3.43. The summed E-state index contributed by atoms with van der Waals surface area (Å²) >= 11 is 1.10. The van der Waals surface area contributed by atoms with Gasteiger partial charge in [0.1, 0.15) is 9.88 Å². The van der Waals surface area contributed by atoms with E-state index in [9.17, 15) is 9.59 Å². The molecule has 0 bridgehead atoms. The van der Waals surface area contributed by atoms with Gasteiger partial charge in [-0.1, -0.05) is 30.3 Å². The fourth-order valence-electron chi connectivity index (χ4n) is 2.09. The Morgan fingerprint density at radius 1 is 1.23 bits per heavy atom.